The Labute approximate surface area is 216 Å². The van der Waals surface area contributed by atoms with Gasteiger partial charge in [0.25, 0.3) is 0 Å². The molecule has 0 spiro atoms. The minimum Gasteiger partial charge on any atom is -0.486 e. The monoisotopic (exact) mass is 501 g/mol. The van der Waals surface area contributed by atoms with Crippen LogP contribution in [0.25, 0.3) is 11.1 Å². The van der Waals surface area contributed by atoms with E-state index in [9.17, 15) is 9.59 Å². The number of carboxylic acids is 1. The zero-order chi connectivity index (χ0) is 25.9. The van der Waals surface area contributed by atoms with Crippen LogP contribution in [0.4, 0.5) is 16.2 Å². The summed E-state index contributed by atoms with van der Waals surface area (Å²) in [4.78, 5) is 30.5. The lowest BCUT2D eigenvalue weighted by Crippen LogP contribution is -2.45. The van der Waals surface area contributed by atoms with Crippen molar-refractivity contribution in [2.75, 3.05) is 23.4 Å². The average molecular weight is 502 g/mol. The molecule has 1 aromatic heterocycles. The Hall–Kier alpha value is -4.07. The maximum atomic E-state index is 13.3. The van der Waals surface area contributed by atoms with Crippen molar-refractivity contribution in [2.24, 2.45) is 11.8 Å². The number of nitrogens with zero attached hydrogens (tertiary/aromatic N) is 2. The van der Waals surface area contributed by atoms with E-state index in [2.05, 4.69) is 17.2 Å². The van der Waals surface area contributed by atoms with Crippen LogP contribution in [0.2, 0.25) is 0 Å². The van der Waals surface area contributed by atoms with Gasteiger partial charge in [-0.25, -0.2) is 9.78 Å². The molecule has 0 radical (unpaired) electrons. The van der Waals surface area contributed by atoms with E-state index in [1.165, 1.54) is 0 Å². The number of amides is 2. The number of anilines is 2. The van der Waals surface area contributed by atoms with E-state index < -0.39 is 5.97 Å². The van der Waals surface area contributed by atoms with Crippen LogP contribution in [0.15, 0.2) is 60.8 Å². The molecule has 2 N–H and O–H groups in total. The number of nitrogens with one attached hydrogen (secondary N) is 1. The van der Waals surface area contributed by atoms with Crippen LogP contribution in [-0.4, -0.2) is 41.3 Å². The number of aromatic nitrogens is 1. The fourth-order valence-corrected chi connectivity index (χ4v) is 4.63. The van der Waals surface area contributed by atoms with Gasteiger partial charge in [0.2, 0.25) is 5.88 Å². The number of aliphatic carboxylic acids is 1. The molecular weight excluding hydrogens is 470 g/mol. The molecule has 37 heavy (non-hydrogen) atoms. The zero-order valence-electron chi connectivity index (χ0n) is 21.0. The third-order valence-electron chi connectivity index (χ3n) is 7.03. The summed E-state index contributed by atoms with van der Waals surface area (Å²) in [5.41, 5.74) is 4.44. The molecule has 192 valence electrons. The second-order valence-electron chi connectivity index (χ2n) is 9.52. The minimum absolute atomic E-state index is 0.0545. The minimum atomic E-state index is -0.765. The summed E-state index contributed by atoms with van der Waals surface area (Å²) in [7, 11) is 0. The molecule has 2 aliphatic rings. The Morgan fingerprint density at radius 2 is 1.95 bits per heavy atom. The summed E-state index contributed by atoms with van der Waals surface area (Å²) in [6.45, 7) is 4.94. The molecule has 1 aliphatic heterocycles. The van der Waals surface area contributed by atoms with Gasteiger partial charge in [-0.15, -0.1) is 0 Å². The van der Waals surface area contributed by atoms with Crippen LogP contribution in [0.1, 0.15) is 32.3 Å². The number of hydrogen-bond donors (Lipinski definition) is 2. The molecule has 0 saturated heterocycles. The van der Waals surface area contributed by atoms with E-state index in [0.717, 1.165) is 40.9 Å². The molecule has 2 aromatic carbocycles. The van der Waals surface area contributed by atoms with Gasteiger partial charge in [0.15, 0.2) is 0 Å². The summed E-state index contributed by atoms with van der Waals surface area (Å²) in [5.74, 6) is 0.112. The van der Waals surface area contributed by atoms with Crippen molar-refractivity contribution in [3.8, 4) is 22.8 Å². The molecule has 2 heterocycles. The SMILES string of the molecule is CCc1ccccc1NC(=O)N1CC(CC)Oc2cc(-c3ccc(OC[C@H]4C[C@@H]4C(=O)O)nc3)ccc21. The fraction of sp³-hybridized carbons (Fsp3) is 0.345. The number of carboxylic acid groups (broad SMARTS) is 1. The third-order valence-corrected chi connectivity index (χ3v) is 7.03. The molecule has 1 aliphatic carbocycles. The normalized spacial score (nSPS) is 19.9. The number of urea groups is 1. The first-order chi connectivity index (χ1) is 18.0. The van der Waals surface area contributed by atoms with Crippen molar-refractivity contribution in [2.45, 2.75) is 39.2 Å². The van der Waals surface area contributed by atoms with E-state index in [1.54, 1.807) is 17.2 Å². The summed E-state index contributed by atoms with van der Waals surface area (Å²) in [5, 5.41) is 12.1. The van der Waals surface area contributed by atoms with Crippen molar-refractivity contribution in [3.05, 3.63) is 66.4 Å². The summed E-state index contributed by atoms with van der Waals surface area (Å²) < 4.78 is 11.9. The first-order valence-electron chi connectivity index (χ1n) is 12.8. The second kappa shape index (κ2) is 10.5. The van der Waals surface area contributed by atoms with Gasteiger partial charge in [0.1, 0.15) is 11.9 Å². The topological polar surface area (TPSA) is 101 Å². The molecule has 3 atom stereocenters. The van der Waals surface area contributed by atoms with Gasteiger partial charge in [-0.3, -0.25) is 9.69 Å². The van der Waals surface area contributed by atoms with Crippen LogP contribution in [0, 0.1) is 11.8 Å². The Morgan fingerprint density at radius 3 is 2.65 bits per heavy atom. The number of rotatable bonds is 8. The molecule has 8 heteroatoms. The second-order valence-corrected chi connectivity index (χ2v) is 9.52. The number of aryl methyl sites for hydroxylation is 1. The Balaban J connectivity index is 1.31. The predicted molar refractivity (Wildman–Crippen MR) is 141 cm³/mol. The molecule has 8 nitrogen and oxygen atoms in total. The van der Waals surface area contributed by atoms with Gasteiger partial charge in [-0.1, -0.05) is 38.1 Å². The average Bonchev–Trinajstić information content (AvgIpc) is 3.72. The molecular formula is C29H31N3O5. The molecule has 1 unspecified atom stereocenters. The van der Waals surface area contributed by atoms with Gasteiger partial charge in [0, 0.05) is 29.4 Å². The molecule has 1 saturated carbocycles. The lowest BCUT2D eigenvalue weighted by atomic mass is 10.0. The lowest BCUT2D eigenvalue weighted by molar-refractivity contribution is -0.138. The molecule has 1 fully saturated rings. The maximum absolute atomic E-state index is 13.3. The van der Waals surface area contributed by atoms with Crippen molar-refractivity contribution < 1.29 is 24.2 Å². The van der Waals surface area contributed by atoms with Crippen LogP contribution in [0.3, 0.4) is 0 Å². The van der Waals surface area contributed by atoms with E-state index in [4.69, 9.17) is 14.6 Å². The number of pyridine rings is 1. The van der Waals surface area contributed by atoms with E-state index in [1.807, 2.05) is 55.5 Å². The van der Waals surface area contributed by atoms with Crippen molar-refractivity contribution in [3.63, 3.8) is 0 Å². The molecule has 3 aromatic rings. The highest BCUT2D eigenvalue weighted by molar-refractivity contribution is 6.03. The Bertz CT molecular complexity index is 1290. The fourth-order valence-electron chi connectivity index (χ4n) is 4.63. The quantitative estimate of drug-likeness (QED) is 0.416. The van der Waals surface area contributed by atoms with Gasteiger partial charge in [-0.2, -0.15) is 0 Å². The third kappa shape index (κ3) is 5.38. The van der Waals surface area contributed by atoms with Gasteiger partial charge in [-0.05, 0) is 54.7 Å². The van der Waals surface area contributed by atoms with Crippen molar-refractivity contribution >= 4 is 23.4 Å². The number of ether oxygens (including phenoxy) is 2. The largest absolute Gasteiger partial charge is 0.486 e. The van der Waals surface area contributed by atoms with Crippen LogP contribution in [0.5, 0.6) is 11.6 Å². The molecule has 2 amide bonds. The Morgan fingerprint density at radius 1 is 1.14 bits per heavy atom. The highest BCUT2D eigenvalue weighted by Gasteiger charge is 2.43. The first kappa shape index (κ1) is 24.6. The highest BCUT2D eigenvalue weighted by Crippen LogP contribution is 2.40. The lowest BCUT2D eigenvalue weighted by Gasteiger charge is -2.35. The Kier molecular flexibility index (Phi) is 6.99. The van der Waals surface area contributed by atoms with E-state index in [0.29, 0.717) is 31.2 Å². The van der Waals surface area contributed by atoms with Crippen LogP contribution < -0.4 is 19.7 Å². The predicted octanol–water partition coefficient (Wildman–Crippen LogP) is 5.62. The molecule has 5 rings (SSSR count). The van der Waals surface area contributed by atoms with Crippen LogP contribution in [-0.2, 0) is 11.2 Å². The number of benzene rings is 2. The van der Waals surface area contributed by atoms with Gasteiger partial charge in [0.05, 0.1) is 24.8 Å². The number of carbonyl (C=O) groups excluding carboxylic acids is 1. The van der Waals surface area contributed by atoms with Crippen molar-refractivity contribution in [1.82, 2.24) is 4.98 Å². The number of hydrogen-bond acceptors (Lipinski definition) is 5. The van der Waals surface area contributed by atoms with Gasteiger partial charge >= 0.3 is 12.0 Å². The summed E-state index contributed by atoms with van der Waals surface area (Å²) in [6.07, 6.45) is 3.88. The van der Waals surface area contributed by atoms with Crippen LogP contribution >= 0.6 is 0 Å². The summed E-state index contributed by atoms with van der Waals surface area (Å²) in [6, 6.07) is 17.2. The van der Waals surface area contributed by atoms with E-state index >= 15 is 0 Å². The number of para-hydroxylation sites is 1. The maximum Gasteiger partial charge on any atom is 0.326 e. The standard InChI is InChI=1S/C29H31N3O5/c1-3-18-7-5-6-8-24(18)31-29(35)32-16-22(4-2)37-26-14-19(9-11-25(26)32)20-10-12-27(30-15-20)36-17-21-13-23(21)28(33)34/h5-12,14-15,21-23H,3-4,13,16-17H2,1-2H3,(H,31,35)(H,33,34)/t21-,22?,23+/m1/s1. The van der Waals surface area contributed by atoms with Crippen molar-refractivity contribution in [1.29, 1.82) is 0 Å². The van der Waals surface area contributed by atoms with E-state index in [-0.39, 0.29) is 24.0 Å². The molecule has 0 bridgehead atoms. The number of carbonyl (C=O) groups is 2. The zero-order valence-corrected chi connectivity index (χ0v) is 21.0. The summed E-state index contributed by atoms with van der Waals surface area (Å²) >= 11 is 0. The van der Waals surface area contributed by atoms with Gasteiger partial charge < -0.3 is 19.9 Å². The number of fused-ring (bicyclic) bond motifs is 1. The smallest absolute Gasteiger partial charge is 0.326 e. The first-order valence-corrected chi connectivity index (χ1v) is 12.8. The highest BCUT2D eigenvalue weighted by atomic mass is 16.5.